The molecule has 1 aliphatic rings. The summed E-state index contributed by atoms with van der Waals surface area (Å²) in [5, 5.41) is 0.741. The Morgan fingerprint density at radius 2 is 1.96 bits per heavy atom. The van der Waals surface area contributed by atoms with E-state index in [0.717, 1.165) is 47.5 Å². The smallest absolute Gasteiger partial charge is 0.307 e. The maximum atomic E-state index is 11.6. The van der Waals surface area contributed by atoms with Crippen molar-refractivity contribution in [2.24, 2.45) is 0 Å². The maximum absolute atomic E-state index is 11.6. The molecule has 0 aliphatic carbocycles. The number of likely N-dealkylation sites (tertiary alicyclic amines) is 1. The zero-order valence-electron chi connectivity index (χ0n) is 16.4. The Bertz CT molecular complexity index is 763. The summed E-state index contributed by atoms with van der Waals surface area (Å²) in [4.78, 5) is 13.9. The highest BCUT2D eigenvalue weighted by Crippen LogP contribution is 2.24. The van der Waals surface area contributed by atoms with Crippen LogP contribution in [0.15, 0.2) is 48.5 Å². The van der Waals surface area contributed by atoms with Gasteiger partial charge < -0.3 is 9.47 Å². The molecule has 2 aromatic carbocycles. The van der Waals surface area contributed by atoms with Gasteiger partial charge in [0, 0.05) is 18.1 Å². The third-order valence-electron chi connectivity index (χ3n) is 5.02. The van der Waals surface area contributed by atoms with Crippen LogP contribution in [-0.2, 0) is 20.9 Å². The van der Waals surface area contributed by atoms with E-state index < -0.39 is 0 Å². The lowest BCUT2D eigenvalue weighted by Crippen LogP contribution is -2.42. The number of esters is 1. The third kappa shape index (κ3) is 6.06. The van der Waals surface area contributed by atoms with E-state index in [2.05, 4.69) is 35.2 Å². The number of ether oxygens (including phenoxy) is 2. The molecule has 150 valence electrons. The molecule has 2 aromatic rings. The Morgan fingerprint density at radius 3 is 2.71 bits per heavy atom. The molecule has 4 nitrogen and oxygen atoms in total. The minimum atomic E-state index is -0.136. The van der Waals surface area contributed by atoms with E-state index in [0.29, 0.717) is 26.2 Å². The first kappa shape index (κ1) is 20.8. The van der Waals surface area contributed by atoms with E-state index in [1.165, 1.54) is 0 Å². The molecule has 0 amide bonds. The van der Waals surface area contributed by atoms with Crippen molar-refractivity contribution in [3.05, 3.63) is 59.1 Å². The van der Waals surface area contributed by atoms with E-state index in [1.54, 1.807) is 0 Å². The second-order valence-electron chi connectivity index (χ2n) is 7.06. The summed E-state index contributed by atoms with van der Waals surface area (Å²) < 4.78 is 11.2. The molecule has 0 saturated carbocycles. The van der Waals surface area contributed by atoms with Crippen molar-refractivity contribution < 1.29 is 14.3 Å². The van der Waals surface area contributed by atoms with Crippen LogP contribution in [0.4, 0.5) is 0 Å². The highest BCUT2D eigenvalue weighted by atomic mass is 35.5. The largest absolute Gasteiger partial charge is 0.466 e. The number of hydrogen-bond acceptors (Lipinski definition) is 4. The van der Waals surface area contributed by atoms with Crippen LogP contribution in [0.1, 0.15) is 38.2 Å². The molecular weight excluding hydrogens is 374 g/mol. The molecule has 0 spiro atoms. The van der Waals surface area contributed by atoms with Crippen LogP contribution >= 0.6 is 11.6 Å². The summed E-state index contributed by atoms with van der Waals surface area (Å²) in [6.45, 7) is 4.50. The average molecular weight is 402 g/mol. The van der Waals surface area contributed by atoms with E-state index in [9.17, 15) is 4.79 Å². The first-order chi connectivity index (χ1) is 13.7. The van der Waals surface area contributed by atoms with Crippen LogP contribution in [-0.4, -0.2) is 36.8 Å². The van der Waals surface area contributed by atoms with Gasteiger partial charge in [0.1, 0.15) is 6.23 Å². The summed E-state index contributed by atoms with van der Waals surface area (Å²) in [6.07, 6.45) is 3.80. The zero-order valence-corrected chi connectivity index (χ0v) is 17.2. The quantitative estimate of drug-likeness (QED) is 0.563. The molecule has 0 radical (unpaired) electrons. The topological polar surface area (TPSA) is 38.8 Å². The third-order valence-corrected chi connectivity index (χ3v) is 5.25. The number of carbonyl (C=O) groups is 1. The van der Waals surface area contributed by atoms with Crippen LogP contribution in [0.5, 0.6) is 0 Å². The number of halogens is 1. The number of benzene rings is 2. The van der Waals surface area contributed by atoms with Gasteiger partial charge in [-0.05, 0) is 55.0 Å². The molecular formula is C23H28ClNO3. The lowest BCUT2D eigenvalue weighted by Gasteiger charge is -2.35. The Hall–Kier alpha value is -1.88. The number of piperidine rings is 1. The van der Waals surface area contributed by atoms with Crippen LogP contribution in [0.2, 0.25) is 5.02 Å². The lowest BCUT2D eigenvalue weighted by atomic mass is 10.0. The molecule has 1 saturated heterocycles. The van der Waals surface area contributed by atoms with Gasteiger partial charge in [-0.2, -0.15) is 0 Å². The van der Waals surface area contributed by atoms with Gasteiger partial charge in [-0.1, -0.05) is 48.0 Å². The molecule has 0 aromatic heterocycles. The van der Waals surface area contributed by atoms with Gasteiger partial charge in [0.25, 0.3) is 0 Å². The van der Waals surface area contributed by atoms with Crippen LogP contribution in [0.25, 0.3) is 11.1 Å². The van der Waals surface area contributed by atoms with Crippen LogP contribution < -0.4 is 0 Å². The summed E-state index contributed by atoms with van der Waals surface area (Å²) in [6, 6.07) is 16.3. The molecule has 1 atom stereocenters. The molecule has 0 N–H and O–H groups in total. The maximum Gasteiger partial charge on any atom is 0.307 e. The predicted molar refractivity (Wildman–Crippen MR) is 112 cm³/mol. The minimum Gasteiger partial charge on any atom is -0.466 e. The van der Waals surface area contributed by atoms with Crippen molar-refractivity contribution in [3.8, 4) is 11.1 Å². The van der Waals surface area contributed by atoms with E-state index in [1.807, 2.05) is 25.1 Å². The SMILES string of the molecule is CCOC(=O)CCN1CCCCC1OCc1ccc(-c2cccc(Cl)c2)cc1. The second kappa shape index (κ2) is 10.6. The number of nitrogens with zero attached hydrogens (tertiary/aromatic N) is 1. The second-order valence-corrected chi connectivity index (χ2v) is 7.50. The fourth-order valence-electron chi connectivity index (χ4n) is 3.53. The van der Waals surface area contributed by atoms with Crippen molar-refractivity contribution >= 4 is 17.6 Å². The lowest BCUT2D eigenvalue weighted by molar-refractivity contribution is -0.145. The minimum absolute atomic E-state index is 0.0655. The van der Waals surface area contributed by atoms with Gasteiger partial charge in [0.05, 0.1) is 19.6 Å². The Morgan fingerprint density at radius 1 is 1.14 bits per heavy atom. The van der Waals surface area contributed by atoms with E-state index in [-0.39, 0.29) is 12.2 Å². The molecule has 28 heavy (non-hydrogen) atoms. The summed E-state index contributed by atoms with van der Waals surface area (Å²) >= 11 is 6.08. The van der Waals surface area contributed by atoms with Crippen molar-refractivity contribution in [3.63, 3.8) is 0 Å². The summed E-state index contributed by atoms with van der Waals surface area (Å²) in [5.41, 5.74) is 3.39. The van der Waals surface area contributed by atoms with Gasteiger partial charge in [-0.3, -0.25) is 9.69 Å². The van der Waals surface area contributed by atoms with Gasteiger partial charge in [0.15, 0.2) is 0 Å². The van der Waals surface area contributed by atoms with Gasteiger partial charge in [-0.15, -0.1) is 0 Å². The summed E-state index contributed by atoms with van der Waals surface area (Å²) in [5.74, 6) is -0.136. The van der Waals surface area contributed by atoms with Gasteiger partial charge in [0.2, 0.25) is 0 Å². The number of rotatable bonds is 8. The number of carbonyl (C=O) groups excluding carboxylic acids is 1. The first-order valence-electron chi connectivity index (χ1n) is 10.0. The Balaban J connectivity index is 1.53. The molecule has 1 heterocycles. The number of hydrogen-bond donors (Lipinski definition) is 0. The van der Waals surface area contributed by atoms with Crippen molar-refractivity contribution in [2.45, 2.75) is 45.4 Å². The molecule has 1 unspecified atom stereocenters. The normalized spacial score (nSPS) is 17.4. The van der Waals surface area contributed by atoms with Gasteiger partial charge >= 0.3 is 5.97 Å². The van der Waals surface area contributed by atoms with Gasteiger partial charge in [-0.25, -0.2) is 0 Å². The molecule has 1 fully saturated rings. The predicted octanol–water partition coefficient (Wildman–Crippen LogP) is 5.29. The van der Waals surface area contributed by atoms with Crippen molar-refractivity contribution in [1.82, 2.24) is 4.90 Å². The zero-order chi connectivity index (χ0) is 19.8. The van der Waals surface area contributed by atoms with Crippen LogP contribution in [0, 0.1) is 0 Å². The molecule has 5 heteroatoms. The molecule has 3 rings (SSSR count). The summed E-state index contributed by atoms with van der Waals surface area (Å²) in [7, 11) is 0. The van der Waals surface area contributed by atoms with E-state index in [4.69, 9.17) is 21.1 Å². The highest BCUT2D eigenvalue weighted by molar-refractivity contribution is 6.30. The first-order valence-corrected chi connectivity index (χ1v) is 10.4. The van der Waals surface area contributed by atoms with Crippen LogP contribution in [0.3, 0.4) is 0 Å². The average Bonchev–Trinajstić information content (AvgIpc) is 2.72. The van der Waals surface area contributed by atoms with E-state index >= 15 is 0 Å². The Kier molecular flexibility index (Phi) is 7.90. The van der Waals surface area contributed by atoms with Crippen molar-refractivity contribution in [1.29, 1.82) is 0 Å². The molecule has 1 aliphatic heterocycles. The fraction of sp³-hybridized carbons (Fsp3) is 0.435. The van der Waals surface area contributed by atoms with Crippen molar-refractivity contribution in [2.75, 3.05) is 19.7 Å². The molecule has 0 bridgehead atoms. The Labute approximate surface area is 172 Å². The highest BCUT2D eigenvalue weighted by Gasteiger charge is 2.23. The standard InChI is InChI=1S/C23H28ClNO3/c1-2-27-23(26)13-15-25-14-4-3-8-22(25)28-17-18-9-11-19(12-10-18)20-6-5-7-21(24)16-20/h5-7,9-12,16,22H,2-4,8,13-15,17H2,1H3. The monoisotopic (exact) mass is 401 g/mol. The fourth-order valence-corrected chi connectivity index (χ4v) is 3.72.